The number of thiophene rings is 1. The molecule has 6 nitrogen and oxygen atoms in total. The van der Waals surface area contributed by atoms with Crippen molar-refractivity contribution in [1.29, 1.82) is 0 Å². The van der Waals surface area contributed by atoms with Gasteiger partial charge in [-0.2, -0.15) is 0 Å². The first kappa shape index (κ1) is 25.9. The Hall–Kier alpha value is -4.04. The highest BCUT2D eigenvalue weighted by molar-refractivity contribution is 7.26. The number of para-hydroxylation sites is 2. The van der Waals surface area contributed by atoms with Crippen molar-refractivity contribution in [1.82, 2.24) is 0 Å². The van der Waals surface area contributed by atoms with E-state index in [1.54, 1.807) is 0 Å². The lowest BCUT2D eigenvalue weighted by Crippen LogP contribution is -2.14. The molecule has 0 saturated carbocycles. The van der Waals surface area contributed by atoms with Gasteiger partial charge in [0.2, 0.25) is 0 Å². The van der Waals surface area contributed by atoms with Crippen molar-refractivity contribution in [3.8, 4) is 23.0 Å². The lowest BCUT2D eigenvalue weighted by atomic mass is 9.99. The van der Waals surface area contributed by atoms with E-state index in [0.29, 0.717) is 64.4 Å². The standard InChI is InChI=1S/C34H30O6S/c1-2-4-30-29(3-1)39-19-15-35-13-17-37-25-9-5-23-7-11-31-33(27(23)21-25)34-28-22-26(38-18-14-36-16-20-40-30)10-6-24(28)8-12-32(34)41-31/h1-12,21-22H,13-20H2. The zero-order valence-electron chi connectivity index (χ0n) is 22.6. The van der Waals surface area contributed by atoms with Crippen LogP contribution in [0.25, 0.3) is 41.7 Å². The maximum absolute atomic E-state index is 6.11. The molecule has 0 saturated heterocycles. The van der Waals surface area contributed by atoms with Crippen LogP contribution < -0.4 is 18.9 Å². The van der Waals surface area contributed by atoms with E-state index < -0.39 is 0 Å². The molecule has 1 aromatic heterocycles. The molecule has 208 valence electrons. The predicted octanol–water partition coefficient (Wildman–Crippen LogP) is 7.62. The summed E-state index contributed by atoms with van der Waals surface area (Å²) in [5.41, 5.74) is 0. The van der Waals surface area contributed by atoms with Gasteiger partial charge in [0.1, 0.15) is 37.9 Å². The highest BCUT2D eigenvalue weighted by atomic mass is 32.1. The number of hydrogen-bond acceptors (Lipinski definition) is 7. The highest BCUT2D eigenvalue weighted by Gasteiger charge is 2.14. The van der Waals surface area contributed by atoms with Gasteiger partial charge >= 0.3 is 0 Å². The molecule has 0 atom stereocenters. The normalized spacial score (nSPS) is 15.6. The third-order valence-electron chi connectivity index (χ3n) is 7.19. The minimum absolute atomic E-state index is 0.419. The van der Waals surface area contributed by atoms with Crippen LogP contribution in [0.15, 0.2) is 84.9 Å². The first-order valence-corrected chi connectivity index (χ1v) is 14.7. The average Bonchev–Trinajstić information content (AvgIpc) is 3.40. The van der Waals surface area contributed by atoms with Crippen LogP contribution in [0.1, 0.15) is 0 Å². The molecule has 7 heteroatoms. The predicted molar refractivity (Wildman–Crippen MR) is 164 cm³/mol. The quantitative estimate of drug-likeness (QED) is 0.189. The summed E-state index contributed by atoms with van der Waals surface area (Å²) in [5, 5.41) is 7.24. The van der Waals surface area contributed by atoms with Crippen molar-refractivity contribution in [2.24, 2.45) is 0 Å². The second-order valence-electron chi connectivity index (χ2n) is 9.81. The Bertz CT molecular complexity index is 1700. The Morgan fingerprint density at radius 2 is 0.878 bits per heavy atom. The van der Waals surface area contributed by atoms with E-state index in [1.807, 2.05) is 47.7 Å². The molecular weight excluding hydrogens is 536 g/mol. The fourth-order valence-corrected chi connectivity index (χ4v) is 6.43. The average molecular weight is 567 g/mol. The smallest absolute Gasteiger partial charge is 0.161 e. The lowest BCUT2D eigenvalue weighted by molar-refractivity contribution is 0.0699. The van der Waals surface area contributed by atoms with Gasteiger partial charge in [-0.1, -0.05) is 36.4 Å². The summed E-state index contributed by atoms with van der Waals surface area (Å²) in [6.45, 7) is 3.59. The van der Waals surface area contributed by atoms with Crippen molar-refractivity contribution >= 4 is 53.1 Å². The molecule has 0 fully saturated rings. The molecular formula is C34H30O6S. The van der Waals surface area contributed by atoms with E-state index in [2.05, 4.69) is 48.5 Å². The third-order valence-corrected chi connectivity index (χ3v) is 8.31. The van der Waals surface area contributed by atoms with Gasteiger partial charge in [0.05, 0.1) is 26.4 Å². The molecule has 1 aliphatic rings. The summed E-state index contributed by atoms with van der Waals surface area (Å²) in [4.78, 5) is 0. The minimum Gasteiger partial charge on any atom is -0.491 e. The van der Waals surface area contributed by atoms with Crippen LogP contribution in [0.4, 0.5) is 0 Å². The van der Waals surface area contributed by atoms with Gasteiger partial charge in [0.25, 0.3) is 0 Å². The highest BCUT2D eigenvalue weighted by Crippen LogP contribution is 2.43. The van der Waals surface area contributed by atoms with Gasteiger partial charge in [-0.25, -0.2) is 0 Å². The summed E-state index contributed by atoms with van der Waals surface area (Å²) in [6, 6.07) is 29.1. The number of fused-ring (bicyclic) bond motifs is 3. The van der Waals surface area contributed by atoms with Crippen molar-refractivity contribution in [3.63, 3.8) is 0 Å². The number of rotatable bonds is 0. The monoisotopic (exact) mass is 566 g/mol. The summed E-state index contributed by atoms with van der Waals surface area (Å²) < 4.78 is 38.1. The Morgan fingerprint density at radius 1 is 0.439 bits per heavy atom. The van der Waals surface area contributed by atoms with Crippen LogP contribution in [0, 0.1) is 0 Å². The first-order chi connectivity index (χ1) is 20.3. The van der Waals surface area contributed by atoms with E-state index in [4.69, 9.17) is 28.4 Å². The number of benzene rings is 5. The Kier molecular flexibility index (Phi) is 7.47. The van der Waals surface area contributed by atoms with Crippen molar-refractivity contribution in [3.05, 3.63) is 84.9 Å². The van der Waals surface area contributed by atoms with E-state index >= 15 is 0 Å². The number of hydrogen-bond donors (Lipinski definition) is 0. The zero-order valence-corrected chi connectivity index (χ0v) is 23.4. The summed E-state index contributed by atoms with van der Waals surface area (Å²) >= 11 is 1.82. The van der Waals surface area contributed by atoms with E-state index in [0.717, 1.165) is 11.5 Å². The van der Waals surface area contributed by atoms with Gasteiger partial charge in [0, 0.05) is 20.2 Å². The van der Waals surface area contributed by atoms with Crippen LogP contribution in [0.2, 0.25) is 0 Å². The molecule has 0 aliphatic carbocycles. The molecule has 0 radical (unpaired) electrons. The summed E-state index contributed by atoms with van der Waals surface area (Å²) in [7, 11) is 0. The van der Waals surface area contributed by atoms with Gasteiger partial charge < -0.3 is 28.4 Å². The maximum Gasteiger partial charge on any atom is 0.161 e. The molecule has 0 amide bonds. The fourth-order valence-electron chi connectivity index (χ4n) is 5.29. The summed E-state index contributed by atoms with van der Waals surface area (Å²) in [6.07, 6.45) is 0. The lowest BCUT2D eigenvalue weighted by Gasteiger charge is -2.14. The molecule has 0 N–H and O–H groups in total. The SMILES string of the molecule is c1ccc2c(c1)OCCOCCOc1ccc3ccc4sc5ccc6ccc(cc6c5c4c3c1)OCCOCCO2. The van der Waals surface area contributed by atoms with Gasteiger partial charge in [-0.05, 0) is 70.1 Å². The van der Waals surface area contributed by atoms with Crippen molar-refractivity contribution in [2.75, 3.05) is 52.9 Å². The number of ether oxygens (including phenoxy) is 6. The summed E-state index contributed by atoms with van der Waals surface area (Å²) in [5.74, 6) is 3.03. The molecule has 5 aromatic carbocycles. The minimum atomic E-state index is 0.419. The van der Waals surface area contributed by atoms with Crippen LogP contribution in [0.3, 0.4) is 0 Å². The van der Waals surface area contributed by atoms with E-state index in [1.165, 1.54) is 41.7 Å². The van der Waals surface area contributed by atoms with Gasteiger partial charge in [0.15, 0.2) is 11.5 Å². The molecule has 0 unspecified atom stereocenters. The second kappa shape index (κ2) is 11.8. The van der Waals surface area contributed by atoms with Crippen molar-refractivity contribution < 1.29 is 28.4 Å². The molecule has 4 bridgehead atoms. The van der Waals surface area contributed by atoms with Crippen molar-refractivity contribution in [2.45, 2.75) is 0 Å². The van der Waals surface area contributed by atoms with Crippen LogP contribution >= 0.6 is 11.3 Å². The third kappa shape index (κ3) is 5.48. The Labute approximate surface area is 241 Å². The Balaban J connectivity index is 1.21. The molecule has 2 heterocycles. The maximum atomic E-state index is 6.11. The zero-order chi connectivity index (χ0) is 27.4. The van der Waals surface area contributed by atoms with Gasteiger partial charge in [-0.15, -0.1) is 11.3 Å². The molecule has 1 aliphatic heterocycles. The van der Waals surface area contributed by atoms with Crippen LogP contribution in [-0.2, 0) is 9.47 Å². The Morgan fingerprint density at radius 3 is 1.37 bits per heavy atom. The molecule has 0 spiro atoms. The largest absolute Gasteiger partial charge is 0.491 e. The second-order valence-corrected chi connectivity index (χ2v) is 10.9. The van der Waals surface area contributed by atoms with E-state index in [-0.39, 0.29) is 0 Å². The fraction of sp³-hybridized carbons (Fsp3) is 0.235. The van der Waals surface area contributed by atoms with E-state index in [9.17, 15) is 0 Å². The molecule has 41 heavy (non-hydrogen) atoms. The molecule has 7 rings (SSSR count). The first-order valence-electron chi connectivity index (χ1n) is 13.9. The molecule has 6 aromatic rings. The van der Waals surface area contributed by atoms with Crippen LogP contribution in [-0.4, -0.2) is 52.9 Å². The van der Waals surface area contributed by atoms with Gasteiger partial charge in [-0.3, -0.25) is 0 Å². The topological polar surface area (TPSA) is 55.4 Å². The van der Waals surface area contributed by atoms with Crippen LogP contribution in [0.5, 0.6) is 23.0 Å².